The number of rotatable bonds is 6. The highest BCUT2D eigenvalue weighted by Gasteiger charge is 2.10. The number of carbonyl (C=O) groups is 1. The summed E-state index contributed by atoms with van der Waals surface area (Å²) in [5, 5.41) is 14.1. The molecule has 0 aliphatic heterocycles. The molecule has 0 aromatic carbocycles. The van der Waals surface area contributed by atoms with Crippen LogP contribution >= 0.6 is 0 Å². The number of hydrogen-bond donors (Lipinski definition) is 3. The van der Waals surface area contributed by atoms with Crippen molar-refractivity contribution in [2.75, 3.05) is 19.0 Å². The molecule has 0 unspecified atom stereocenters. The zero-order valence-corrected chi connectivity index (χ0v) is 10.5. The predicted octanol–water partition coefficient (Wildman–Crippen LogP) is 0.768. The number of ether oxygens (including phenoxy) is 1. The highest BCUT2D eigenvalue weighted by Crippen LogP contribution is 2.09. The molecule has 3 N–H and O–H groups in total. The van der Waals surface area contributed by atoms with Gasteiger partial charge in [0.15, 0.2) is 0 Å². The zero-order chi connectivity index (χ0) is 13.4. The fourth-order valence-corrected chi connectivity index (χ4v) is 1.39. The molecule has 1 aromatic rings. The third-order valence-electron chi connectivity index (χ3n) is 2.40. The van der Waals surface area contributed by atoms with E-state index >= 15 is 0 Å². The van der Waals surface area contributed by atoms with E-state index in [1.54, 1.807) is 0 Å². The van der Waals surface area contributed by atoms with Crippen LogP contribution in [0.2, 0.25) is 0 Å². The van der Waals surface area contributed by atoms with E-state index in [9.17, 15) is 4.79 Å². The molecule has 0 saturated carbocycles. The van der Waals surface area contributed by atoms with Gasteiger partial charge in [0.05, 0.1) is 7.11 Å². The van der Waals surface area contributed by atoms with Crippen molar-refractivity contribution < 1.29 is 14.6 Å². The number of aromatic nitrogens is 2. The summed E-state index contributed by atoms with van der Waals surface area (Å²) in [6.45, 7) is 1.98. The second-order valence-electron chi connectivity index (χ2n) is 3.66. The number of nitrogens with zero attached hydrogens (tertiary/aromatic N) is 2. The van der Waals surface area contributed by atoms with Crippen molar-refractivity contribution in [3.63, 3.8) is 0 Å². The van der Waals surface area contributed by atoms with E-state index in [2.05, 4.69) is 20.6 Å². The molecular weight excluding hydrogens is 236 g/mol. The Morgan fingerprint density at radius 2 is 2.33 bits per heavy atom. The van der Waals surface area contributed by atoms with Gasteiger partial charge in [-0.3, -0.25) is 5.32 Å². The summed E-state index contributed by atoms with van der Waals surface area (Å²) < 4.78 is 4.92. The molecule has 7 nitrogen and oxygen atoms in total. The molecule has 0 saturated heterocycles. The molecule has 0 aliphatic carbocycles. The second kappa shape index (κ2) is 7.44. The van der Waals surface area contributed by atoms with Gasteiger partial charge >= 0.3 is 6.03 Å². The Morgan fingerprint density at radius 3 is 2.94 bits per heavy atom. The van der Waals surface area contributed by atoms with Crippen LogP contribution in [0.4, 0.5) is 10.6 Å². The predicted molar refractivity (Wildman–Crippen MR) is 66.5 cm³/mol. The molecule has 0 spiro atoms. The monoisotopic (exact) mass is 254 g/mol. The number of methoxy groups -OCH3 is 1. The van der Waals surface area contributed by atoms with E-state index in [0.29, 0.717) is 18.1 Å². The van der Waals surface area contributed by atoms with Gasteiger partial charge < -0.3 is 15.2 Å². The Morgan fingerprint density at radius 1 is 1.56 bits per heavy atom. The standard InChI is InChI=1S/C11H18N4O3/c1-3-8(4-5-16)14-11(17)15-9-6-10(18-2)13-7-12-9/h6-8,16H,3-5H2,1-2H3,(H2,12,13,14,15,17)/t8-/m1/s1. The van der Waals surface area contributed by atoms with E-state index in [-0.39, 0.29) is 18.7 Å². The third-order valence-corrected chi connectivity index (χ3v) is 2.40. The molecule has 7 heteroatoms. The molecule has 1 aromatic heterocycles. The lowest BCUT2D eigenvalue weighted by atomic mass is 10.2. The summed E-state index contributed by atoms with van der Waals surface area (Å²) >= 11 is 0. The molecule has 0 radical (unpaired) electrons. The first kappa shape index (κ1) is 14.2. The number of anilines is 1. The number of nitrogens with one attached hydrogen (secondary N) is 2. The summed E-state index contributed by atoms with van der Waals surface area (Å²) in [5.41, 5.74) is 0. The molecule has 0 aliphatic rings. The van der Waals surface area contributed by atoms with Crippen LogP contribution in [0.15, 0.2) is 12.4 Å². The zero-order valence-electron chi connectivity index (χ0n) is 10.5. The van der Waals surface area contributed by atoms with Crippen LogP contribution in [0.3, 0.4) is 0 Å². The van der Waals surface area contributed by atoms with E-state index in [0.717, 1.165) is 6.42 Å². The van der Waals surface area contributed by atoms with Gasteiger partial charge in [0.2, 0.25) is 5.88 Å². The highest BCUT2D eigenvalue weighted by atomic mass is 16.5. The number of hydrogen-bond acceptors (Lipinski definition) is 5. The number of aliphatic hydroxyl groups is 1. The molecule has 100 valence electrons. The highest BCUT2D eigenvalue weighted by molar-refractivity contribution is 5.88. The van der Waals surface area contributed by atoms with Gasteiger partial charge in [-0.2, -0.15) is 0 Å². The van der Waals surface area contributed by atoms with Crippen molar-refractivity contribution in [1.29, 1.82) is 0 Å². The fourth-order valence-electron chi connectivity index (χ4n) is 1.39. The van der Waals surface area contributed by atoms with Crippen LogP contribution in [0, 0.1) is 0 Å². The quantitative estimate of drug-likeness (QED) is 0.696. The van der Waals surface area contributed by atoms with Crippen LogP contribution in [0.25, 0.3) is 0 Å². The maximum Gasteiger partial charge on any atom is 0.320 e. The smallest absolute Gasteiger partial charge is 0.320 e. The van der Waals surface area contributed by atoms with E-state index in [1.165, 1.54) is 19.5 Å². The summed E-state index contributed by atoms with van der Waals surface area (Å²) in [6, 6.07) is 1.10. The molecular formula is C11H18N4O3. The molecule has 0 fully saturated rings. The van der Waals surface area contributed by atoms with Gasteiger partial charge in [-0.15, -0.1) is 0 Å². The van der Waals surface area contributed by atoms with Gasteiger partial charge in [0.1, 0.15) is 12.1 Å². The maximum atomic E-state index is 11.7. The lowest BCUT2D eigenvalue weighted by Gasteiger charge is -2.15. The maximum absolute atomic E-state index is 11.7. The van der Waals surface area contributed by atoms with Crippen LogP contribution in [0.5, 0.6) is 5.88 Å². The number of aliphatic hydroxyl groups excluding tert-OH is 1. The lowest BCUT2D eigenvalue weighted by molar-refractivity contribution is 0.237. The average molecular weight is 254 g/mol. The molecule has 1 heterocycles. The van der Waals surface area contributed by atoms with Crippen LogP contribution in [-0.2, 0) is 0 Å². The van der Waals surface area contributed by atoms with Crippen LogP contribution < -0.4 is 15.4 Å². The van der Waals surface area contributed by atoms with Crippen molar-refractivity contribution in [3.8, 4) is 5.88 Å². The number of urea groups is 1. The topological polar surface area (TPSA) is 96.4 Å². The minimum atomic E-state index is -0.365. The van der Waals surface area contributed by atoms with Gasteiger partial charge in [-0.1, -0.05) is 6.92 Å². The SMILES string of the molecule is CC[C@H](CCO)NC(=O)Nc1cc(OC)ncn1. The normalized spacial score (nSPS) is 11.7. The van der Waals surface area contributed by atoms with Crippen molar-refractivity contribution in [2.24, 2.45) is 0 Å². The lowest BCUT2D eigenvalue weighted by Crippen LogP contribution is -2.38. The van der Waals surface area contributed by atoms with Crippen LogP contribution in [-0.4, -0.2) is 40.9 Å². The van der Waals surface area contributed by atoms with E-state index in [4.69, 9.17) is 9.84 Å². The molecule has 1 atom stereocenters. The Balaban J connectivity index is 2.52. The molecule has 1 rings (SSSR count). The Labute approximate surface area is 106 Å². The van der Waals surface area contributed by atoms with Gasteiger partial charge in [0.25, 0.3) is 0 Å². The Bertz CT molecular complexity index is 386. The fraction of sp³-hybridized carbons (Fsp3) is 0.545. The summed E-state index contributed by atoms with van der Waals surface area (Å²) in [7, 11) is 1.49. The Kier molecular flexibility index (Phi) is 5.86. The van der Waals surface area contributed by atoms with Gasteiger partial charge in [-0.25, -0.2) is 14.8 Å². The average Bonchev–Trinajstić information content (AvgIpc) is 2.38. The van der Waals surface area contributed by atoms with Gasteiger partial charge in [0, 0.05) is 18.7 Å². The summed E-state index contributed by atoms with van der Waals surface area (Å²) in [5.74, 6) is 0.737. The van der Waals surface area contributed by atoms with Crippen molar-refractivity contribution >= 4 is 11.8 Å². The second-order valence-corrected chi connectivity index (χ2v) is 3.66. The minimum Gasteiger partial charge on any atom is -0.481 e. The van der Waals surface area contributed by atoms with Gasteiger partial charge in [-0.05, 0) is 12.8 Å². The van der Waals surface area contributed by atoms with Crippen molar-refractivity contribution in [1.82, 2.24) is 15.3 Å². The minimum absolute atomic E-state index is 0.0418. The molecule has 0 bridgehead atoms. The van der Waals surface area contributed by atoms with Crippen LogP contribution in [0.1, 0.15) is 19.8 Å². The van der Waals surface area contributed by atoms with E-state index < -0.39 is 0 Å². The molecule has 18 heavy (non-hydrogen) atoms. The van der Waals surface area contributed by atoms with Crippen molar-refractivity contribution in [3.05, 3.63) is 12.4 Å². The Hall–Kier alpha value is -1.89. The number of amides is 2. The largest absolute Gasteiger partial charge is 0.481 e. The third kappa shape index (κ3) is 4.54. The molecule has 2 amide bonds. The summed E-state index contributed by atoms with van der Waals surface area (Å²) in [6.07, 6.45) is 2.58. The first-order valence-corrected chi connectivity index (χ1v) is 5.74. The first-order chi connectivity index (χ1) is 8.69. The number of carbonyl (C=O) groups excluding carboxylic acids is 1. The van der Waals surface area contributed by atoms with Crippen molar-refractivity contribution in [2.45, 2.75) is 25.8 Å². The first-order valence-electron chi connectivity index (χ1n) is 5.74. The van der Waals surface area contributed by atoms with E-state index in [1.807, 2.05) is 6.92 Å². The summed E-state index contributed by atoms with van der Waals surface area (Å²) in [4.78, 5) is 19.4.